The first kappa shape index (κ1) is 15.2. The zero-order valence-electron chi connectivity index (χ0n) is 10.8. The number of hydrogen-bond acceptors (Lipinski definition) is 3. The van der Waals surface area contributed by atoms with E-state index in [2.05, 4.69) is 4.72 Å². The van der Waals surface area contributed by atoms with E-state index in [1.54, 1.807) is 19.1 Å². The summed E-state index contributed by atoms with van der Waals surface area (Å²) in [4.78, 5) is -0.983. The van der Waals surface area contributed by atoms with Crippen molar-refractivity contribution in [1.82, 2.24) is 0 Å². The highest BCUT2D eigenvalue weighted by Gasteiger charge is 2.24. The standard InChI is InChI=1S/C13H11F3N2O2S/c1-7-2-3-8(17)6-10(7)18-21(19,20)11-5-4-9(14)12(15)13(11)16/h2-6,18H,17H2,1H3. The Morgan fingerprint density at radius 2 is 1.71 bits per heavy atom. The highest BCUT2D eigenvalue weighted by molar-refractivity contribution is 7.92. The third-order valence-corrected chi connectivity index (χ3v) is 4.18. The lowest BCUT2D eigenvalue weighted by Crippen LogP contribution is -2.16. The molecule has 0 unspecified atom stereocenters. The molecule has 8 heteroatoms. The van der Waals surface area contributed by atoms with Gasteiger partial charge in [0.15, 0.2) is 17.5 Å². The van der Waals surface area contributed by atoms with Gasteiger partial charge in [-0.15, -0.1) is 0 Å². The molecule has 0 atom stereocenters. The van der Waals surface area contributed by atoms with Crippen molar-refractivity contribution < 1.29 is 21.6 Å². The monoisotopic (exact) mass is 316 g/mol. The van der Waals surface area contributed by atoms with Crippen molar-refractivity contribution in [3.05, 3.63) is 53.3 Å². The Labute approximate surface area is 119 Å². The third-order valence-electron chi connectivity index (χ3n) is 2.80. The fraction of sp³-hybridized carbons (Fsp3) is 0.0769. The molecule has 2 aromatic carbocycles. The fourth-order valence-electron chi connectivity index (χ4n) is 1.67. The van der Waals surface area contributed by atoms with Crippen LogP contribution in [0.2, 0.25) is 0 Å². The van der Waals surface area contributed by atoms with Gasteiger partial charge in [0, 0.05) is 5.69 Å². The number of benzene rings is 2. The van der Waals surface area contributed by atoms with Crippen LogP contribution in [0.3, 0.4) is 0 Å². The van der Waals surface area contributed by atoms with Crippen molar-refractivity contribution in [3.63, 3.8) is 0 Å². The summed E-state index contributed by atoms with van der Waals surface area (Å²) in [7, 11) is -4.41. The van der Waals surface area contributed by atoms with Crippen LogP contribution in [-0.2, 0) is 10.0 Å². The molecule has 0 amide bonds. The second-order valence-corrected chi connectivity index (χ2v) is 6.00. The Balaban J connectivity index is 2.49. The summed E-state index contributed by atoms with van der Waals surface area (Å²) < 4.78 is 65.8. The van der Waals surface area contributed by atoms with Crippen LogP contribution in [0.5, 0.6) is 0 Å². The predicted molar refractivity (Wildman–Crippen MR) is 72.7 cm³/mol. The molecular formula is C13H11F3N2O2S. The van der Waals surface area contributed by atoms with E-state index < -0.39 is 32.4 Å². The molecule has 4 nitrogen and oxygen atoms in total. The largest absolute Gasteiger partial charge is 0.399 e. The van der Waals surface area contributed by atoms with Crippen LogP contribution in [0.1, 0.15) is 5.56 Å². The topological polar surface area (TPSA) is 72.2 Å². The molecule has 0 aliphatic heterocycles. The first-order valence-electron chi connectivity index (χ1n) is 5.75. The molecule has 21 heavy (non-hydrogen) atoms. The molecule has 112 valence electrons. The van der Waals surface area contributed by atoms with Gasteiger partial charge in [0.1, 0.15) is 4.90 Å². The van der Waals surface area contributed by atoms with Gasteiger partial charge < -0.3 is 5.73 Å². The molecule has 0 heterocycles. The Morgan fingerprint density at radius 1 is 1.05 bits per heavy atom. The van der Waals surface area contributed by atoms with E-state index in [9.17, 15) is 21.6 Å². The van der Waals surface area contributed by atoms with Crippen LogP contribution >= 0.6 is 0 Å². The van der Waals surface area contributed by atoms with E-state index in [1.807, 2.05) is 0 Å². The maximum Gasteiger partial charge on any atom is 0.264 e. The van der Waals surface area contributed by atoms with Crippen molar-refractivity contribution in [3.8, 4) is 0 Å². The first-order valence-corrected chi connectivity index (χ1v) is 7.23. The van der Waals surface area contributed by atoms with Crippen molar-refractivity contribution in [1.29, 1.82) is 0 Å². The second-order valence-electron chi connectivity index (χ2n) is 4.35. The lowest BCUT2D eigenvalue weighted by molar-refractivity contribution is 0.432. The summed E-state index contributed by atoms with van der Waals surface area (Å²) in [5, 5.41) is 0. The molecule has 0 bridgehead atoms. The van der Waals surface area contributed by atoms with E-state index in [-0.39, 0.29) is 5.69 Å². The average molecular weight is 316 g/mol. The molecule has 0 saturated heterocycles. The van der Waals surface area contributed by atoms with Crippen molar-refractivity contribution in [2.24, 2.45) is 0 Å². The van der Waals surface area contributed by atoms with Crippen LogP contribution in [0.4, 0.5) is 24.5 Å². The van der Waals surface area contributed by atoms with Gasteiger partial charge >= 0.3 is 0 Å². The molecule has 2 rings (SSSR count). The predicted octanol–water partition coefficient (Wildman–Crippen LogP) is 2.80. The van der Waals surface area contributed by atoms with Gasteiger partial charge in [0.2, 0.25) is 0 Å². The summed E-state index contributed by atoms with van der Waals surface area (Å²) in [6.45, 7) is 1.61. The minimum absolute atomic E-state index is 0.124. The maximum atomic E-state index is 13.6. The lowest BCUT2D eigenvalue weighted by Gasteiger charge is -2.12. The summed E-state index contributed by atoms with van der Waals surface area (Å²) in [5.41, 5.74) is 6.50. The summed E-state index contributed by atoms with van der Waals surface area (Å²) in [6.07, 6.45) is 0. The summed E-state index contributed by atoms with van der Waals surface area (Å²) >= 11 is 0. The van der Waals surface area contributed by atoms with E-state index in [0.29, 0.717) is 23.4 Å². The lowest BCUT2D eigenvalue weighted by atomic mass is 10.2. The Bertz CT molecular complexity index is 807. The fourth-order valence-corrected chi connectivity index (χ4v) is 2.86. The van der Waals surface area contributed by atoms with Crippen molar-refractivity contribution in [2.75, 3.05) is 10.5 Å². The van der Waals surface area contributed by atoms with Gasteiger partial charge in [-0.3, -0.25) is 4.72 Å². The maximum absolute atomic E-state index is 13.6. The highest BCUT2D eigenvalue weighted by atomic mass is 32.2. The van der Waals surface area contributed by atoms with Gasteiger partial charge in [-0.05, 0) is 36.8 Å². The van der Waals surface area contributed by atoms with E-state index in [0.717, 1.165) is 0 Å². The normalized spacial score (nSPS) is 11.4. The summed E-state index contributed by atoms with van der Waals surface area (Å²) in [6, 6.07) is 5.65. The number of rotatable bonds is 3. The van der Waals surface area contributed by atoms with Gasteiger partial charge in [-0.2, -0.15) is 0 Å². The van der Waals surface area contributed by atoms with E-state index in [1.165, 1.54) is 6.07 Å². The molecule has 0 aliphatic carbocycles. The minimum Gasteiger partial charge on any atom is -0.399 e. The van der Waals surface area contributed by atoms with Gasteiger partial charge in [-0.25, -0.2) is 21.6 Å². The quantitative estimate of drug-likeness (QED) is 0.675. The Morgan fingerprint density at radius 3 is 2.38 bits per heavy atom. The number of hydrogen-bond donors (Lipinski definition) is 2. The number of nitrogen functional groups attached to an aromatic ring is 1. The van der Waals surface area contributed by atoms with Crippen LogP contribution in [0, 0.1) is 24.4 Å². The van der Waals surface area contributed by atoms with Crippen molar-refractivity contribution >= 4 is 21.4 Å². The number of nitrogens with one attached hydrogen (secondary N) is 1. The van der Waals surface area contributed by atoms with Crippen LogP contribution in [0.25, 0.3) is 0 Å². The molecule has 0 radical (unpaired) electrons. The SMILES string of the molecule is Cc1ccc(N)cc1NS(=O)(=O)c1ccc(F)c(F)c1F. The van der Waals surface area contributed by atoms with Gasteiger partial charge in [-0.1, -0.05) is 6.07 Å². The first-order chi connectivity index (χ1) is 9.72. The van der Waals surface area contributed by atoms with Crippen LogP contribution in [0.15, 0.2) is 35.2 Å². The Kier molecular flexibility index (Phi) is 3.82. The molecule has 0 spiro atoms. The molecule has 2 aromatic rings. The molecular weight excluding hydrogens is 305 g/mol. The number of anilines is 2. The third kappa shape index (κ3) is 2.94. The number of nitrogens with two attached hydrogens (primary N) is 1. The zero-order valence-corrected chi connectivity index (χ0v) is 11.6. The van der Waals surface area contributed by atoms with Crippen LogP contribution in [-0.4, -0.2) is 8.42 Å². The summed E-state index contributed by atoms with van der Waals surface area (Å²) in [5.74, 6) is -5.09. The molecule has 3 N–H and O–H groups in total. The Hall–Kier alpha value is -2.22. The van der Waals surface area contributed by atoms with Crippen LogP contribution < -0.4 is 10.5 Å². The minimum atomic E-state index is -4.41. The molecule has 0 fully saturated rings. The number of sulfonamides is 1. The van der Waals surface area contributed by atoms with Gasteiger partial charge in [0.05, 0.1) is 5.69 Å². The zero-order chi connectivity index (χ0) is 15.8. The highest BCUT2D eigenvalue weighted by Crippen LogP contribution is 2.25. The molecule has 0 aliphatic rings. The van der Waals surface area contributed by atoms with E-state index in [4.69, 9.17) is 5.73 Å². The molecule has 0 saturated carbocycles. The average Bonchev–Trinajstić information content (AvgIpc) is 2.39. The number of halogens is 3. The molecule has 0 aromatic heterocycles. The number of aryl methyl sites for hydroxylation is 1. The second kappa shape index (κ2) is 5.28. The van der Waals surface area contributed by atoms with Gasteiger partial charge in [0.25, 0.3) is 10.0 Å². The van der Waals surface area contributed by atoms with Crippen molar-refractivity contribution in [2.45, 2.75) is 11.8 Å². The van der Waals surface area contributed by atoms with E-state index >= 15 is 0 Å². The smallest absolute Gasteiger partial charge is 0.264 e.